The number of nitrogen functional groups attached to an aromatic ring is 1. The first kappa shape index (κ1) is 20.1. The second-order valence-electron chi connectivity index (χ2n) is 6.70. The molecule has 10 heteroatoms. The minimum absolute atomic E-state index is 0.00699. The number of amides is 1. The normalized spacial score (nSPS) is 13.4. The summed E-state index contributed by atoms with van der Waals surface area (Å²) in [5, 5.41) is 8.49. The number of ether oxygens (including phenoxy) is 1. The summed E-state index contributed by atoms with van der Waals surface area (Å²) in [4.78, 5) is 14.5. The van der Waals surface area contributed by atoms with Crippen LogP contribution in [0.1, 0.15) is 11.1 Å². The summed E-state index contributed by atoms with van der Waals surface area (Å²) in [7, 11) is 0. The maximum atomic E-state index is 12.6. The van der Waals surface area contributed by atoms with Crippen molar-refractivity contribution in [3.05, 3.63) is 59.7 Å². The number of alkyl halides is 2. The smallest absolute Gasteiger partial charge is 0.387 e. The van der Waals surface area contributed by atoms with Gasteiger partial charge in [-0.05, 0) is 41.8 Å². The molecular formula is C20H19F2N5O2S. The van der Waals surface area contributed by atoms with E-state index in [1.54, 1.807) is 12.1 Å². The summed E-state index contributed by atoms with van der Waals surface area (Å²) in [5.74, 6) is 6.68. The van der Waals surface area contributed by atoms with E-state index in [0.29, 0.717) is 29.6 Å². The molecule has 30 heavy (non-hydrogen) atoms. The maximum absolute atomic E-state index is 12.6. The minimum atomic E-state index is -2.89. The highest BCUT2D eigenvalue weighted by atomic mass is 32.2. The lowest BCUT2D eigenvalue weighted by Crippen LogP contribution is -2.37. The minimum Gasteiger partial charge on any atom is -0.435 e. The van der Waals surface area contributed by atoms with Gasteiger partial charge < -0.3 is 15.5 Å². The van der Waals surface area contributed by atoms with Crippen LogP contribution < -0.4 is 10.6 Å². The van der Waals surface area contributed by atoms with Gasteiger partial charge in [0.2, 0.25) is 11.1 Å². The first-order chi connectivity index (χ1) is 14.5. The third-order valence-corrected chi connectivity index (χ3v) is 5.74. The van der Waals surface area contributed by atoms with Gasteiger partial charge in [0.05, 0.1) is 5.75 Å². The topological polar surface area (TPSA) is 86.3 Å². The van der Waals surface area contributed by atoms with Crippen molar-refractivity contribution in [2.75, 3.05) is 18.1 Å². The molecule has 4 rings (SSSR count). The predicted octanol–water partition coefficient (Wildman–Crippen LogP) is 2.94. The van der Waals surface area contributed by atoms with Crippen LogP contribution in [0.25, 0.3) is 11.4 Å². The van der Waals surface area contributed by atoms with Crippen molar-refractivity contribution in [3.63, 3.8) is 0 Å². The van der Waals surface area contributed by atoms with Crippen molar-refractivity contribution >= 4 is 17.7 Å². The molecule has 2 aromatic carbocycles. The van der Waals surface area contributed by atoms with Crippen LogP contribution in [0.5, 0.6) is 5.75 Å². The van der Waals surface area contributed by atoms with Crippen LogP contribution in [0.4, 0.5) is 8.78 Å². The molecule has 0 aliphatic carbocycles. The van der Waals surface area contributed by atoms with Gasteiger partial charge in [0.15, 0.2) is 5.82 Å². The Morgan fingerprint density at radius 1 is 1.13 bits per heavy atom. The fourth-order valence-corrected chi connectivity index (χ4v) is 4.04. The average molecular weight is 431 g/mol. The van der Waals surface area contributed by atoms with Gasteiger partial charge in [-0.15, -0.1) is 10.2 Å². The van der Waals surface area contributed by atoms with E-state index in [4.69, 9.17) is 5.84 Å². The van der Waals surface area contributed by atoms with Crippen molar-refractivity contribution in [1.29, 1.82) is 0 Å². The number of carbonyl (C=O) groups is 1. The highest BCUT2D eigenvalue weighted by molar-refractivity contribution is 7.99. The Kier molecular flexibility index (Phi) is 5.84. The first-order valence-corrected chi connectivity index (χ1v) is 10.2. The molecule has 0 radical (unpaired) electrons. The van der Waals surface area contributed by atoms with Crippen LogP contribution in [0.15, 0.2) is 53.7 Å². The summed E-state index contributed by atoms with van der Waals surface area (Å²) < 4.78 is 30.1. The number of nitrogens with two attached hydrogens (primary N) is 1. The van der Waals surface area contributed by atoms with E-state index in [-0.39, 0.29) is 17.4 Å². The van der Waals surface area contributed by atoms with Gasteiger partial charge in [0.25, 0.3) is 0 Å². The molecule has 1 aliphatic rings. The number of aromatic nitrogens is 3. The number of halogens is 2. The molecule has 7 nitrogen and oxygen atoms in total. The Morgan fingerprint density at radius 3 is 2.60 bits per heavy atom. The van der Waals surface area contributed by atoms with Crippen LogP contribution in [-0.4, -0.2) is 44.6 Å². The number of benzene rings is 2. The zero-order chi connectivity index (χ0) is 21.1. The van der Waals surface area contributed by atoms with E-state index in [1.165, 1.54) is 39.7 Å². The average Bonchev–Trinajstić information content (AvgIpc) is 3.12. The lowest BCUT2D eigenvalue weighted by molar-refractivity contribution is -0.129. The van der Waals surface area contributed by atoms with E-state index in [1.807, 2.05) is 23.1 Å². The van der Waals surface area contributed by atoms with Gasteiger partial charge in [-0.1, -0.05) is 36.0 Å². The molecule has 2 N–H and O–H groups in total. The molecule has 2 heterocycles. The maximum Gasteiger partial charge on any atom is 0.387 e. The number of nitrogens with zero attached hydrogens (tertiary/aromatic N) is 4. The third kappa shape index (κ3) is 4.38. The Bertz CT molecular complexity index is 1040. The van der Waals surface area contributed by atoms with Crippen LogP contribution in [0, 0.1) is 0 Å². The Balaban J connectivity index is 1.38. The molecule has 0 saturated carbocycles. The van der Waals surface area contributed by atoms with Gasteiger partial charge in [0.1, 0.15) is 5.75 Å². The first-order valence-electron chi connectivity index (χ1n) is 9.24. The zero-order valence-corrected chi connectivity index (χ0v) is 16.7. The molecule has 0 spiro atoms. The van der Waals surface area contributed by atoms with E-state index in [9.17, 15) is 13.6 Å². The summed E-state index contributed by atoms with van der Waals surface area (Å²) >= 11 is 1.21. The molecule has 0 atom stereocenters. The molecule has 0 bridgehead atoms. The molecule has 156 valence electrons. The molecule has 1 aliphatic heterocycles. The van der Waals surface area contributed by atoms with Gasteiger partial charge in [-0.3, -0.25) is 4.79 Å². The highest BCUT2D eigenvalue weighted by Crippen LogP contribution is 2.25. The van der Waals surface area contributed by atoms with Crippen LogP contribution >= 0.6 is 11.8 Å². The SMILES string of the molecule is Nn1c(SCC(=O)N2CCc3ccccc3C2)nnc1-c1ccc(OC(F)F)cc1. The quantitative estimate of drug-likeness (QED) is 0.477. The summed E-state index contributed by atoms with van der Waals surface area (Å²) in [6, 6.07) is 14.1. The Morgan fingerprint density at radius 2 is 1.87 bits per heavy atom. The fourth-order valence-electron chi connectivity index (χ4n) is 3.28. The molecular weight excluding hydrogens is 412 g/mol. The largest absolute Gasteiger partial charge is 0.435 e. The van der Waals surface area contributed by atoms with Crippen molar-refractivity contribution in [1.82, 2.24) is 19.8 Å². The summed E-state index contributed by atoms with van der Waals surface area (Å²) in [6.45, 7) is -1.60. The van der Waals surface area contributed by atoms with Crippen molar-refractivity contribution < 1.29 is 18.3 Å². The number of hydrogen-bond acceptors (Lipinski definition) is 6. The second-order valence-corrected chi connectivity index (χ2v) is 7.64. The zero-order valence-electron chi connectivity index (χ0n) is 15.9. The standard InChI is InChI=1S/C20H19F2N5O2S/c21-19(22)29-16-7-5-14(6-8-16)18-24-25-20(27(18)23)30-12-17(28)26-10-9-13-3-1-2-4-15(13)11-26/h1-8,19H,9-12,23H2. The molecule has 3 aromatic rings. The number of rotatable bonds is 6. The van der Waals surface area contributed by atoms with E-state index >= 15 is 0 Å². The van der Waals surface area contributed by atoms with E-state index in [0.717, 1.165) is 6.42 Å². The summed E-state index contributed by atoms with van der Waals surface area (Å²) in [6.07, 6.45) is 0.842. The van der Waals surface area contributed by atoms with Crippen LogP contribution in [0.2, 0.25) is 0 Å². The van der Waals surface area contributed by atoms with Crippen molar-refractivity contribution in [3.8, 4) is 17.1 Å². The fraction of sp³-hybridized carbons (Fsp3) is 0.250. The molecule has 0 unspecified atom stereocenters. The molecule has 1 aromatic heterocycles. The third-order valence-electron chi connectivity index (χ3n) is 4.81. The molecule has 0 saturated heterocycles. The number of hydrogen-bond donors (Lipinski definition) is 1. The molecule has 0 fully saturated rings. The van der Waals surface area contributed by atoms with Gasteiger partial charge in [-0.25, -0.2) is 4.68 Å². The lowest BCUT2D eigenvalue weighted by atomic mass is 10.00. The number of fused-ring (bicyclic) bond motifs is 1. The second kappa shape index (κ2) is 8.70. The lowest BCUT2D eigenvalue weighted by Gasteiger charge is -2.28. The van der Waals surface area contributed by atoms with Crippen LogP contribution in [0.3, 0.4) is 0 Å². The Labute approximate surface area is 175 Å². The molecule has 1 amide bonds. The van der Waals surface area contributed by atoms with E-state index in [2.05, 4.69) is 21.0 Å². The monoisotopic (exact) mass is 431 g/mol. The van der Waals surface area contributed by atoms with Crippen molar-refractivity contribution in [2.24, 2.45) is 0 Å². The van der Waals surface area contributed by atoms with Gasteiger partial charge >= 0.3 is 6.61 Å². The Hall–Kier alpha value is -3.14. The van der Waals surface area contributed by atoms with Crippen molar-refractivity contribution in [2.45, 2.75) is 24.7 Å². The van der Waals surface area contributed by atoms with E-state index < -0.39 is 6.61 Å². The van der Waals surface area contributed by atoms with Gasteiger partial charge in [0, 0.05) is 18.7 Å². The van der Waals surface area contributed by atoms with Gasteiger partial charge in [-0.2, -0.15) is 8.78 Å². The number of thioether (sulfide) groups is 1. The number of carbonyl (C=O) groups excluding carboxylic acids is 1. The highest BCUT2D eigenvalue weighted by Gasteiger charge is 2.21. The van der Waals surface area contributed by atoms with Crippen LogP contribution in [-0.2, 0) is 17.8 Å². The summed E-state index contributed by atoms with van der Waals surface area (Å²) in [5.41, 5.74) is 3.05. The predicted molar refractivity (Wildman–Crippen MR) is 109 cm³/mol.